The van der Waals surface area contributed by atoms with Crippen molar-refractivity contribution in [3.8, 4) is 0 Å². The highest BCUT2D eigenvalue weighted by Crippen LogP contribution is 2.42. The van der Waals surface area contributed by atoms with Crippen molar-refractivity contribution in [3.05, 3.63) is 46.7 Å². The molecule has 0 fully saturated rings. The molecule has 0 N–H and O–H groups in total. The van der Waals surface area contributed by atoms with Gasteiger partial charge < -0.3 is 9.47 Å². The highest BCUT2D eigenvalue weighted by atomic mass is 16.2. The van der Waals surface area contributed by atoms with E-state index in [4.69, 9.17) is 0 Å². The maximum atomic E-state index is 12.6. The Hall–Kier alpha value is -2.03. The second-order valence-electron chi connectivity index (χ2n) is 6.28. The molecule has 3 rings (SSSR count). The number of carbonyl (C=O) groups is 1. The van der Waals surface area contributed by atoms with Gasteiger partial charge in [0.25, 0.3) is 0 Å². The third-order valence-electron chi connectivity index (χ3n) is 5.08. The van der Waals surface area contributed by atoms with Crippen molar-refractivity contribution in [1.82, 2.24) is 9.47 Å². The van der Waals surface area contributed by atoms with E-state index >= 15 is 0 Å². The van der Waals surface area contributed by atoms with Crippen molar-refractivity contribution in [2.75, 3.05) is 6.54 Å². The molecule has 1 aliphatic rings. The lowest BCUT2D eigenvalue weighted by atomic mass is 9.96. The van der Waals surface area contributed by atoms with Crippen molar-refractivity contribution in [1.29, 1.82) is 0 Å². The van der Waals surface area contributed by atoms with E-state index in [1.54, 1.807) is 0 Å². The van der Waals surface area contributed by atoms with Crippen molar-refractivity contribution in [2.24, 2.45) is 7.05 Å². The van der Waals surface area contributed by atoms with Crippen LogP contribution in [0.1, 0.15) is 44.5 Å². The lowest BCUT2D eigenvalue weighted by Crippen LogP contribution is -2.31. The SMILES string of the molecule is CCCN1C(=O)C(C)=C(C)C1c1c(C)n(C)c2ccccc12. The molecule has 0 saturated heterocycles. The quantitative estimate of drug-likeness (QED) is 0.836. The van der Waals surface area contributed by atoms with Crippen LogP contribution in [0.5, 0.6) is 0 Å². The molecule has 3 heteroatoms. The van der Waals surface area contributed by atoms with Crippen LogP contribution < -0.4 is 0 Å². The summed E-state index contributed by atoms with van der Waals surface area (Å²) in [7, 11) is 2.11. The van der Waals surface area contributed by atoms with Crippen molar-refractivity contribution in [2.45, 2.75) is 40.2 Å². The van der Waals surface area contributed by atoms with Gasteiger partial charge in [0.2, 0.25) is 5.91 Å². The minimum absolute atomic E-state index is 0.0820. The summed E-state index contributed by atoms with van der Waals surface area (Å²) in [6.07, 6.45) is 0.979. The van der Waals surface area contributed by atoms with Gasteiger partial charge in [0.05, 0.1) is 6.04 Å². The Labute approximate surface area is 132 Å². The zero-order valence-corrected chi connectivity index (χ0v) is 14.1. The molecule has 0 saturated carbocycles. The molecular weight excluding hydrogens is 272 g/mol. The molecule has 1 amide bonds. The fourth-order valence-electron chi connectivity index (χ4n) is 3.68. The highest BCUT2D eigenvalue weighted by Gasteiger charge is 2.37. The summed E-state index contributed by atoms with van der Waals surface area (Å²) in [5, 5.41) is 1.26. The second-order valence-corrected chi connectivity index (χ2v) is 6.28. The predicted molar refractivity (Wildman–Crippen MR) is 90.8 cm³/mol. The molecule has 0 bridgehead atoms. The monoisotopic (exact) mass is 296 g/mol. The predicted octanol–water partition coefficient (Wildman–Crippen LogP) is 4.12. The molecule has 2 aromatic rings. The van der Waals surface area contributed by atoms with Gasteiger partial charge in [0, 0.05) is 41.3 Å². The summed E-state index contributed by atoms with van der Waals surface area (Å²) in [5.74, 6) is 0.191. The van der Waals surface area contributed by atoms with E-state index in [9.17, 15) is 4.79 Å². The number of aromatic nitrogens is 1. The van der Waals surface area contributed by atoms with E-state index in [-0.39, 0.29) is 11.9 Å². The van der Waals surface area contributed by atoms with Crippen LogP contribution in [0.4, 0.5) is 0 Å². The molecule has 3 nitrogen and oxygen atoms in total. The van der Waals surface area contributed by atoms with Gasteiger partial charge in [-0.15, -0.1) is 0 Å². The first-order valence-electron chi connectivity index (χ1n) is 8.01. The molecule has 0 radical (unpaired) electrons. The number of rotatable bonds is 3. The molecule has 116 valence electrons. The summed E-state index contributed by atoms with van der Waals surface area (Å²) >= 11 is 0. The Kier molecular flexibility index (Phi) is 3.59. The van der Waals surface area contributed by atoms with E-state index < -0.39 is 0 Å². The van der Waals surface area contributed by atoms with Gasteiger partial charge in [0.1, 0.15) is 0 Å². The maximum Gasteiger partial charge on any atom is 0.250 e. The van der Waals surface area contributed by atoms with E-state index in [1.165, 1.54) is 27.7 Å². The average Bonchev–Trinajstić information content (AvgIpc) is 2.88. The molecule has 1 atom stereocenters. The molecule has 1 aliphatic heterocycles. The van der Waals surface area contributed by atoms with Gasteiger partial charge in [-0.2, -0.15) is 0 Å². The van der Waals surface area contributed by atoms with Gasteiger partial charge in [-0.1, -0.05) is 25.1 Å². The third kappa shape index (κ3) is 1.92. The van der Waals surface area contributed by atoms with Gasteiger partial charge in [-0.05, 0) is 38.8 Å². The van der Waals surface area contributed by atoms with E-state index in [2.05, 4.69) is 56.7 Å². The second kappa shape index (κ2) is 5.31. The molecular formula is C19H24N2O. The summed E-state index contributed by atoms with van der Waals surface area (Å²) < 4.78 is 2.24. The van der Waals surface area contributed by atoms with Crippen molar-refractivity contribution in [3.63, 3.8) is 0 Å². The fraction of sp³-hybridized carbons (Fsp3) is 0.421. The first-order valence-corrected chi connectivity index (χ1v) is 8.01. The first-order chi connectivity index (χ1) is 10.5. The third-order valence-corrected chi connectivity index (χ3v) is 5.08. The number of aryl methyl sites for hydroxylation is 1. The number of fused-ring (bicyclic) bond motifs is 1. The van der Waals surface area contributed by atoms with E-state index in [0.717, 1.165) is 18.5 Å². The Morgan fingerprint density at radius 3 is 2.50 bits per heavy atom. The van der Waals surface area contributed by atoms with Gasteiger partial charge in [-0.25, -0.2) is 0 Å². The molecule has 1 aromatic carbocycles. The van der Waals surface area contributed by atoms with E-state index in [1.807, 2.05) is 11.8 Å². The normalized spacial score (nSPS) is 18.9. The Bertz CT molecular complexity index is 782. The highest BCUT2D eigenvalue weighted by molar-refractivity contribution is 5.98. The largest absolute Gasteiger partial charge is 0.348 e. The number of carbonyl (C=O) groups excluding carboxylic acids is 1. The molecule has 22 heavy (non-hydrogen) atoms. The summed E-state index contributed by atoms with van der Waals surface area (Å²) in [6, 6.07) is 8.56. The number of nitrogens with zero attached hydrogens (tertiary/aromatic N) is 2. The lowest BCUT2D eigenvalue weighted by Gasteiger charge is -2.27. The Morgan fingerprint density at radius 1 is 1.14 bits per heavy atom. The van der Waals surface area contributed by atoms with Crippen LogP contribution in [0.15, 0.2) is 35.4 Å². The topological polar surface area (TPSA) is 25.2 Å². The van der Waals surface area contributed by atoms with Crippen LogP contribution in [-0.4, -0.2) is 21.9 Å². The van der Waals surface area contributed by atoms with Gasteiger partial charge in [-0.3, -0.25) is 4.79 Å². The van der Waals surface area contributed by atoms with Crippen molar-refractivity contribution >= 4 is 16.8 Å². The zero-order valence-electron chi connectivity index (χ0n) is 14.1. The Morgan fingerprint density at radius 2 is 1.82 bits per heavy atom. The number of para-hydroxylation sites is 1. The van der Waals surface area contributed by atoms with E-state index in [0.29, 0.717) is 0 Å². The lowest BCUT2D eigenvalue weighted by molar-refractivity contribution is -0.127. The summed E-state index contributed by atoms with van der Waals surface area (Å²) in [6.45, 7) is 9.16. The van der Waals surface area contributed by atoms with Crippen LogP contribution >= 0.6 is 0 Å². The molecule has 0 spiro atoms. The minimum Gasteiger partial charge on any atom is -0.348 e. The number of amides is 1. The standard InChI is InChI=1S/C19H24N2O/c1-6-11-21-18(12(2)13(3)19(21)22)17-14(4)20(5)16-10-8-7-9-15(16)17/h7-10,18H,6,11H2,1-5H3. The maximum absolute atomic E-state index is 12.6. The molecule has 2 heterocycles. The number of benzene rings is 1. The average molecular weight is 296 g/mol. The smallest absolute Gasteiger partial charge is 0.250 e. The van der Waals surface area contributed by atoms with Crippen LogP contribution in [0.25, 0.3) is 10.9 Å². The van der Waals surface area contributed by atoms with Crippen LogP contribution in [0, 0.1) is 6.92 Å². The summed E-state index contributed by atoms with van der Waals surface area (Å²) in [5.41, 5.74) is 5.86. The van der Waals surface area contributed by atoms with Gasteiger partial charge >= 0.3 is 0 Å². The number of hydrogen-bond acceptors (Lipinski definition) is 1. The molecule has 0 aliphatic carbocycles. The van der Waals surface area contributed by atoms with Gasteiger partial charge in [0.15, 0.2) is 0 Å². The van der Waals surface area contributed by atoms with Crippen LogP contribution in [0.2, 0.25) is 0 Å². The fourth-order valence-corrected chi connectivity index (χ4v) is 3.68. The van der Waals surface area contributed by atoms with Crippen LogP contribution in [-0.2, 0) is 11.8 Å². The minimum atomic E-state index is 0.0820. The summed E-state index contributed by atoms with van der Waals surface area (Å²) in [4.78, 5) is 14.6. The van der Waals surface area contributed by atoms with Crippen molar-refractivity contribution < 1.29 is 4.79 Å². The first kappa shape index (κ1) is 14.9. The van der Waals surface area contributed by atoms with Crippen LogP contribution in [0.3, 0.4) is 0 Å². The molecule has 1 unspecified atom stereocenters. The molecule has 1 aromatic heterocycles. The zero-order chi connectivity index (χ0) is 16.0. The Balaban J connectivity index is 2.26. The number of hydrogen-bond donors (Lipinski definition) is 0.